The Morgan fingerprint density at radius 3 is 1.96 bits per heavy atom. The summed E-state index contributed by atoms with van der Waals surface area (Å²) in [5.41, 5.74) is -2.20. The first-order chi connectivity index (χ1) is 10.3. The van der Waals surface area contributed by atoms with E-state index in [-0.39, 0.29) is 29.8 Å². The fourth-order valence-corrected chi connectivity index (χ4v) is 4.86. The van der Waals surface area contributed by atoms with Gasteiger partial charge in [-0.25, -0.2) is 0 Å². The summed E-state index contributed by atoms with van der Waals surface area (Å²) in [6.07, 6.45) is 2.34. The Bertz CT molecular complexity index is 455. The molecule has 2 rings (SSSR count). The largest absolute Gasteiger partial charge is 0.462 e. The molecule has 0 heterocycles. The van der Waals surface area contributed by atoms with Gasteiger partial charge in [-0.05, 0) is 78.6 Å². The second-order valence-electron chi connectivity index (χ2n) is 9.44. The Kier molecular flexibility index (Phi) is 4.67. The molecule has 23 heavy (non-hydrogen) atoms. The maximum atomic E-state index is 12.4. The highest BCUT2D eigenvalue weighted by atomic mass is 16.5. The Hall–Kier alpha value is -0.610. The molecular formula is C19H34O4. The van der Waals surface area contributed by atoms with Gasteiger partial charge in [-0.1, -0.05) is 6.92 Å². The standard InChI is InChI=1S/C19H34O4/c1-8-17(2,3)16(20)23-13-10-11-9-12(13)15(19(6,7)22)14(11)18(4,5)21/h11-15,21-22H,8-10H2,1-7H3/t11-,12+,13+,14-,15+/m1/s1. The quantitative estimate of drug-likeness (QED) is 0.762. The monoisotopic (exact) mass is 326 g/mol. The Labute approximate surface area is 140 Å². The maximum Gasteiger partial charge on any atom is 0.311 e. The number of rotatable bonds is 5. The zero-order valence-corrected chi connectivity index (χ0v) is 15.7. The van der Waals surface area contributed by atoms with E-state index in [9.17, 15) is 15.0 Å². The number of aliphatic hydroxyl groups is 2. The predicted octanol–water partition coefficient (Wildman–Crippen LogP) is 3.15. The lowest BCUT2D eigenvalue weighted by atomic mass is 9.65. The highest BCUT2D eigenvalue weighted by Gasteiger charge is 2.61. The molecule has 4 nitrogen and oxygen atoms in total. The molecule has 0 aromatic carbocycles. The summed E-state index contributed by atoms with van der Waals surface area (Å²) < 4.78 is 5.86. The van der Waals surface area contributed by atoms with Gasteiger partial charge < -0.3 is 14.9 Å². The van der Waals surface area contributed by atoms with Crippen molar-refractivity contribution in [2.45, 2.75) is 85.0 Å². The van der Waals surface area contributed by atoms with Gasteiger partial charge in [0.1, 0.15) is 6.10 Å². The van der Waals surface area contributed by atoms with E-state index < -0.39 is 16.6 Å². The van der Waals surface area contributed by atoms with Crippen molar-refractivity contribution in [3.8, 4) is 0 Å². The van der Waals surface area contributed by atoms with Crippen molar-refractivity contribution in [3.63, 3.8) is 0 Å². The molecule has 0 aromatic rings. The second kappa shape index (κ2) is 5.73. The van der Waals surface area contributed by atoms with Gasteiger partial charge in [-0.3, -0.25) is 4.79 Å². The van der Waals surface area contributed by atoms with Gasteiger partial charge in [-0.15, -0.1) is 0 Å². The zero-order valence-electron chi connectivity index (χ0n) is 15.7. The van der Waals surface area contributed by atoms with Gasteiger partial charge in [0.15, 0.2) is 0 Å². The molecule has 0 amide bonds. The van der Waals surface area contributed by atoms with Gasteiger partial charge in [0.25, 0.3) is 0 Å². The average molecular weight is 326 g/mol. The van der Waals surface area contributed by atoms with Crippen LogP contribution in [0.2, 0.25) is 0 Å². The van der Waals surface area contributed by atoms with Crippen molar-refractivity contribution in [3.05, 3.63) is 0 Å². The van der Waals surface area contributed by atoms with Crippen LogP contribution in [0, 0.1) is 29.1 Å². The Morgan fingerprint density at radius 2 is 1.52 bits per heavy atom. The van der Waals surface area contributed by atoms with E-state index >= 15 is 0 Å². The van der Waals surface area contributed by atoms with Crippen LogP contribution < -0.4 is 0 Å². The zero-order chi connectivity index (χ0) is 17.8. The molecule has 2 saturated carbocycles. The van der Waals surface area contributed by atoms with Crippen LogP contribution in [-0.4, -0.2) is 33.5 Å². The van der Waals surface area contributed by atoms with Gasteiger partial charge in [0.05, 0.1) is 16.6 Å². The van der Waals surface area contributed by atoms with Crippen LogP contribution >= 0.6 is 0 Å². The Balaban J connectivity index is 2.20. The summed E-state index contributed by atoms with van der Waals surface area (Å²) >= 11 is 0. The molecule has 2 aliphatic rings. The molecule has 134 valence electrons. The first-order valence-corrected chi connectivity index (χ1v) is 8.95. The average Bonchev–Trinajstić information content (AvgIpc) is 2.94. The van der Waals surface area contributed by atoms with Crippen LogP contribution in [0.25, 0.3) is 0 Å². The lowest BCUT2D eigenvalue weighted by Crippen LogP contribution is -2.52. The maximum absolute atomic E-state index is 12.4. The van der Waals surface area contributed by atoms with E-state index in [0.717, 1.165) is 19.3 Å². The summed E-state index contributed by atoms with van der Waals surface area (Å²) in [7, 11) is 0. The number of ether oxygens (including phenoxy) is 1. The minimum absolute atomic E-state index is 0.0432. The minimum atomic E-state index is -0.893. The summed E-state index contributed by atoms with van der Waals surface area (Å²) in [5, 5.41) is 21.3. The van der Waals surface area contributed by atoms with E-state index in [1.54, 1.807) is 0 Å². The van der Waals surface area contributed by atoms with E-state index in [1.807, 2.05) is 48.5 Å². The molecule has 2 aliphatic carbocycles. The molecule has 2 N–H and O–H groups in total. The SMILES string of the molecule is CCC(C)(C)C(=O)O[C@H]1C[C@H]2C[C@@H]1[C@H](C(C)(C)O)[C@@H]2C(C)(C)O. The number of carbonyl (C=O) groups excluding carboxylic acids is 1. The highest BCUT2D eigenvalue weighted by molar-refractivity contribution is 5.76. The number of hydrogen-bond acceptors (Lipinski definition) is 4. The Morgan fingerprint density at radius 1 is 1.00 bits per heavy atom. The molecule has 0 spiro atoms. The normalized spacial score (nSPS) is 34.7. The van der Waals surface area contributed by atoms with Crippen molar-refractivity contribution in [1.29, 1.82) is 0 Å². The van der Waals surface area contributed by atoms with Crippen molar-refractivity contribution < 1.29 is 19.7 Å². The molecule has 5 atom stereocenters. The first-order valence-electron chi connectivity index (χ1n) is 8.95. The molecule has 0 radical (unpaired) electrons. The molecule has 0 unspecified atom stereocenters. The molecule has 4 heteroatoms. The van der Waals surface area contributed by atoms with Crippen molar-refractivity contribution >= 4 is 5.97 Å². The topological polar surface area (TPSA) is 66.8 Å². The molecular weight excluding hydrogens is 292 g/mol. The molecule has 0 saturated heterocycles. The fraction of sp³-hybridized carbons (Fsp3) is 0.947. The summed E-state index contributed by atoms with van der Waals surface area (Å²) in [6, 6.07) is 0. The molecule has 2 fully saturated rings. The van der Waals surface area contributed by atoms with Gasteiger partial charge in [0, 0.05) is 5.92 Å². The molecule has 2 bridgehead atoms. The van der Waals surface area contributed by atoms with Crippen molar-refractivity contribution in [2.24, 2.45) is 29.1 Å². The third-order valence-electron chi connectivity index (χ3n) is 6.27. The van der Waals surface area contributed by atoms with E-state index in [0.29, 0.717) is 5.92 Å². The summed E-state index contributed by atoms with van der Waals surface area (Å²) in [4.78, 5) is 12.4. The highest BCUT2D eigenvalue weighted by Crippen LogP contribution is 2.59. The number of hydrogen-bond donors (Lipinski definition) is 2. The van der Waals surface area contributed by atoms with Crippen molar-refractivity contribution in [2.75, 3.05) is 0 Å². The van der Waals surface area contributed by atoms with Crippen LogP contribution in [0.3, 0.4) is 0 Å². The number of fused-ring (bicyclic) bond motifs is 2. The van der Waals surface area contributed by atoms with E-state index in [1.165, 1.54) is 0 Å². The van der Waals surface area contributed by atoms with Crippen LogP contribution in [0.5, 0.6) is 0 Å². The first kappa shape index (κ1) is 18.7. The molecule has 0 aromatic heterocycles. The van der Waals surface area contributed by atoms with Gasteiger partial charge >= 0.3 is 5.97 Å². The van der Waals surface area contributed by atoms with Crippen LogP contribution in [0.4, 0.5) is 0 Å². The van der Waals surface area contributed by atoms with E-state index in [4.69, 9.17) is 4.74 Å². The summed E-state index contributed by atoms with van der Waals surface area (Å²) in [5.74, 6) is 0.282. The van der Waals surface area contributed by atoms with Crippen LogP contribution in [-0.2, 0) is 9.53 Å². The molecule has 0 aliphatic heterocycles. The predicted molar refractivity (Wildman–Crippen MR) is 89.7 cm³/mol. The van der Waals surface area contributed by atoms with Gasteiger partial charge in [-0.2, -0.15) is 0 Å². The van der Waals surface area contributed by atoms with E-state index in [2.05, 4.69) is 0 Å². The third kappa shape index (κ3) is 3.43. The lowest BCUT2D eigenvalue weighted by Gasteiger charge is -2.46. The smallest absolute Gasteiger partial charge is 0.311 e. The minimum Gasteiger partial charge on any atom is -0.462 e. The fourth-order valence-electron chi connectivity index (χ4n) is 4.86. The number of carbonyl (C=O) groups is 1. The van der Waals surface area contributed by atoms with Crippen molar-refractivity contribution in [1.82, 2.24) is 0 Å². The third-order valence-corrected chi connectivity index (χ3v) is 6.27. The van der Waals surface area contributed by atoms with Crippen LogP contribution in [0.1, 0.15) is 67.7 Å². The summed E-state index contributed by atoms with van der Waals surface area (Å²) in [6.45, 7) is 13.1. The second-order valence-corrected chi connectivity index (χ2v) is 9.44. The van der Waals surface area contributed by atoms with Gasteiger partial charge in [0.2, 0.25) is 0 Å². The number of esters is 1. The van der Waals surface area contributed by atoms with Crippen LogP contribution in [0.15, 0.2) is 0 Å². The lowest BCUT2D eigenvalue weighted by molar-refractivity contribution is -0.172.